The van der Waals surface area contributed by atoms with E-state index in [0.29, 0.717) is 6.04 Å². The van der Waals surface area contributed by atoms with Gasteiger partial charge < -0.3 is 10.2 Å². The van der Waals surface area contributed by atoms with Gasteiger partial charge in [0.25, 0.3) is 0 Å². The zero-order valence-electron chi connectivity index (χ0n) is 7.22. The highest BCUT2D eigenvalue weighted by molar-refractivity contribution is 4.80. The van der Waals surface area contributed by atoms with Gasteiger partial charge in [-0.25, -0.2) is 0 Å². The molecule has 2 heteroatoms. The average molecular weight is 142 g/mol. The maximum atomic E-state index is 3.47. The fraction of sp³-hybridized carbons (Fsp3) is 1.00. The first kappa shape index (κ1) is 8.02. The molecule has 1 saturated heterocycles. The molecule has 0 aromatic carbocycles. The minimum absolute atomic E-state index is 0.674. The van der Waals surface area contributed by atoms with Gasteiger partial charge in [0.1, 0.15) is 0 Å². The Morgan fingerprint density at radius 2 is 2.30 bits per heavy atom. The third-order valence-electron chi connectivity index (χ3n) is 2.36. The predicted octanol–water partition coefficient (Wildman–Crippen LogP) is 0.689. The summed E-state index contributed by atoms with van der Waals surface area (Å²) in [6.07, 6.45) is 1.26. The zero-order chi connectivity index (χ0) is 7.56. The normalized spacial score (nSPS) is 36.3. The Morgan fingerprint density at radius 3 is 2.80 bits per heavy atom. The molecule has 1 N–H and O–H groups in total. The predicted molar refractivity (Wildman–Crippen MR) is 44.2 cm³/mol. The molecule has 0 aromatic rings. The average Bonchev–Trinajstić information content (AvgIpc) is 1.88. The van der Waals surface area contributed by atoms with Crippen LogP contribution in [-0.2, 0) is 0 Å². The number of piperazine rings is 1. The van der Waals surface area contributed by atoms with Gasteiger partial charge in [0.2, 0.25) is 0 Å². The molecule has 0 aliphatic carbocycles. The van der Waals surface area contributed by atoms with E-state index >= 15 is 0 Å². The molecule has 1 rings (SSSR count). The molecule has 1 aliphatic heterocycles. The number of hydrogen-bond acceptors (Lipinski definition) is 2. The topological polar surface area (TPSA) is 15.3 Å². The summed E-state index contributed by atoms with van der Waals surface area (Å²) in [6, 6.07) is 1.43. The van der Waals surface area contributed by atoms with Crippen LogP contribution in [0.15, 0.2) is 0 Å². The summed E-state index contributed by atoms with van der Waals surface area (Å²) in [5, 5.41) is 3.47. The molecule has 60 valence electrons. The lowest BCUT2D eigenvalue weighted by molar-refractivity contribution is 0.165. The summed E-state index contributed by atoms with van der Waals surface area (Å²) in [7, 11) is 2.21. The van der Waals surface area contributed by atoms with E-state index < -0.39 is 0 Å². The number of likely N-dealkylation sites (N-methyl/N-ethyl adjacent to an activating group) is 1. The summed E-state index contributed by atoms with van der Waals surface area (Å²) in [6.45, 7) is 6.84. The zero-order valence-corrected chi connectivity index (χ0v) is 7.22. The summed E-state index contributed by atoms with van der Waals surface area (Å²) in [5.41, 5.74) is 0. The van der Waals surface area contributed by atoms with Gasteiger partial charge in [0.05, 0.1) is 0 Å². The molecular weight excluding hydrogens is 124 g/mol. The number of nitrogens with one attached hydrogen (secondary N) is 1. The molecule has 1 aliphatic rings. The minimum atomic E-state index is 0.674. The monoisotopic (exact) mass is 142 g/mol. The quantitative estimate of drug-likeness (QED) is 0.579. The van der Waals surface area contributed by atoms with E-state index in [1.807, 2.05) is 0 Å². The Kier molecular flexibility index (Phi) is 2.69. The van der Waals surface area contributed by atoms with Gasteiger partial charge in [0.15, 0.2) is 0 Å². The highest BCUT2D eigenvalue weighted by atomic mass is 15.2. The molecule has 0 spiro atoms. The van der Waals surface area contributed by atoms with E-state index in [-0.39, 0.29) is 0 Å². The molecule has 0 radical (unpaired) electrons. The second kappa shape index (κ2) is 3.35. The molecule has 0 amide bonds. The largest absolute Gasteiger partial charge is 0.311 e. The Morgan fingerprint density at radius 1 is 1.60 bits per heavy atom. The van der Waals surface area contributed by atoms with Crippen LogP contribution in [0.1, 0.15) is 20.3 Å². The highest BCUT2D eigenvalue weighted by Crippen LogP contribution is 2.06. The van der Waals surface area contributed by atoms with E-state index in [0.717, 1.165) is 12.6 Å². The molecule has 0 bridgehead atoms. The molecule has 2 nitrogen and oxygen atoms in total. The maximum Gasteiger partial charge on any atom is 0.0215 e. The molecule has 2 atom stereocenters. The Bertz CT molecular complexity index is 103. The molecule has 10 heavy (non-hydrogen) atoms. The Labute approximate surface area is 63.6 Å². The first-order chi connectivity index (χ1) is 4.74. The van der Waals surface area contributed by atoms with Crippen LogP contribution >= 0.6 is 0 Å². The van der Waals surface area contributed by atoms with Crippen molar-refractivity contribution in [1.82, 2.24) is 10.2 Å². The maximum absolute atomic E-state index is 3.47. The molecule has 1 heterocycles. The number of rotatable bonds is 1. The van der Waals surface area contributed by atoms with E-state index in [4.69, 9.17) is 0 Å². The van der Waals surface area contributed by atoms with Gasteiger partial charge in [-0.3, -0.25) is 0 Å². The first-order valence-electron chi connectivity index (χ1n) is 4.17. The van der Waals surface area contributed by atoms with E-state index in [9.17, 15) is 0 Å². The standard InChI is InChI=1S/C8H18N2/c1-4-8-5-9-7(2)6-10(8)3/h7-9H,4-6H2,1-3H3/t7-,8-/m1/s1. The van der Waals surface area contributed by atoms with Crippen molar-refractivity contribution in [1.29, 1.82) is 0 Å². The molecular formula is C8H18N2. The molecule has 1 fully saturated rings. The van der Waals surface area contributed by atoms with E-state index in [2.05, 4.69) is 31.1 Å². The second-order valence-corrected chi connectivity index (χ2v) is 3.31. The van der Waals surface area contributed by atoms with Crippen molar-refractivity contribution >= 4 is 0 Å². The van der Waals surface area contributed by atoms with Gasteiger partial charge in [-0.2, -0.15) is 0 Å². The van der Waals surface area contributed by atoms with Gasteiger partial charge >= 0.3 is 0 Å². The fourth-order valence-electron chi connectivity index (χ4n) is 1.59. The van der Waals surface area contributed by atoms with Crippen LogP contribution in [0.2, 0.25) is 0 Å². The molecule has 0 saturated carbocycles. The fourth-order valence-corrected chi connectivity index (χ4v) is 1.59. The second-order valence-electron chi connectivity index (χ2n) is 3.31. The Hall–Kier alpha value is -0.0800. The van der Waals surface area contributed by atoms with Crippen molar-refractivity contribution in [3.05, 3.63) is 0 Å². The van der Waals surface area contributed by atoms with Crippen molar-refractivity contribution in [2.45, 2.75) is 32.4 Å². The van der Waals surface area contributed by atoms with Gasteiger partial charge in [-0.1, -0.05) is 6.92 Å². The SMILES string of the molecule is CC[C@@H]1CN[C@H](C)CN1C. The lowest BCUT2D eigenvalue weighted by Gasteiger charge is -2.36. The van der Waals surface area contributed by atoms with Crippen LogP contribution in [-0.4, -0.2) is 37.1 Å². The van der Waals surface area contributed by atoms with Gasteiger partial charge in [-0.15, -0.1) is 0 Å². The van der Waals surface area contributed by atoms with Crippen LogP contribution in [0.4, 0.5) is 0 Å². The van der Waals surface area contributed by atoms with Gasteiger partial charge in [0, 0.05) is 25.2 Å². The smallest absolute Gasteiger partial charge is 0.0215 e. The van der Waals surface area contributed by atoms with Crippen LogP contribution in [0.5, 0.6) is 0 Å². The lowest BCUT2D eigenvalue weighted by atomic mass is 10.1. The summed E-state index contributed by atoms with van der Waals surface area (Å²) >= 11 is 0. The molecule has 0 unspecified atom stereocenters. The number of nitrogens with zero attached hydrogens (tertiary/aromatic N) is 1. The van der Waals surface area contributed by atoms with E-state index in [1.54, 1.807) is 0 Å². The van der Waals surface area contributed by atoms with Crippen LogP contribution in [0.25, 0.3) is 0 Å². The summed E-state index contributed by atoms with van der Waals surface area (Å²) < 4.78 is 0. The summed E-state index contributed by atoms with van der Waals surface area (Å²) in [5.74, 6) is 0. The lowest BCUT2D eigenvalue weighted by Crippen LogP contribution is -2.53. The van der Waals surface area contributed by atoms with Crippen molar-refractivity contribution in [2.75, 3.05) is 20.1 Å². The third kappa shape index (κ3) is 1.70. The van der Waals surface area contributed by atoms with Crippen LogP contribution in [0, 0.1) is 0 Å². The highest BCUT2D eigenvalue weighted by Gasteiger charge is 2.20. The van der Waals surface area contributed by atoms with Crippen molar-refractivity contribution in [2.24, 2.45) is 0 Å². The summed E-state index contributed by atoms with van der Waals surface area (Å²) in [4.78, 5) is 2.45. The third-order valence-corrected chi connectivity index (χ3v) is 2.36. The molecule has 0 aromatic heterocycles. The minimum Gasteiger partial charge on any atom is -0.311 e. The van der Waals surface area contributed by atoms with Crippen LogP contribution < -0.4 is 5.32 Å². The van der Waals surface area contributed by atoms with Gasteiger partial charge in [-0.05, 0) is 20.4 Å². The Balaban J connectivity index is 2.36. The first-order valence-corrected chi connectivity index (χ1v) is 4.17. The van der Waals surface area contributed by atoms with Crippen molar-refractivity contribution in [3.63, 3.8) is 0 Å². The van der Waals surface area contributed by atoms with Crippen molar-refractivity contribution < 1.29 is 0 Å². The van der Waals surface area contributed by atoms with E-state index in [1.165, 1.54) is 13.0 Å². The van der Waals surface area contributed by atoms with Crippen LogP contribution in [0.3, 0.4) is 0 Å². The number of hydrogen-bond donors (Lipinski definition) is 1. The van der Waals surface area contributed by atoms with Crippen molar-refractivity contribution in [3.8, 4) is 0 Å².